The number of nitrogens with one attached hydrogen (secondary N) is 2. The van der Waals surface area contributed by atoms with Crippen LogP contribution in [-0.4, -0.2) is 78.8 Å². The molecule has 8 nitrogen and oxygen atoms in total. The van der Waals surface area contributed by atoms with E-state index in [0.29, 0.717) is 19.6 Å². The number of para-hydroxylation sites is 1. The van der Waals surface area contributed by atoms with Gasteiger partial charge in [0.2, 0.25) is 5.91 Å². The van der Waals surface area contributed by atoms with Crippen LogP contribution in [0.2, 0.25) is 0 Å². The highest BCUT2D eigenvalue weighted by Gasteiger charge is 2.38. The molecule has 2 amide bonds. The van der Waals surface area contributed by atoms with Gasteiger partial charge < -0.3 is 19.9 Å². The number of methoxy groups -OCH3 is 1. The van der Waals surface area contributed by atoms with E-state index >= 15 is 0 Å². The monoisotopic (exact) mass is 456 g/mol. The largest absolute Gasteiger partial charge is 0.379 e. The SMILES string of the molecule is CO[C@H]([C@@H](C)C(=O)N[C@@H](Cc1c[nH]c2ccccc12)C(=O)N1CCCCO1)[C@@H]1CCCN1C. The third-order valence-corrected chi connectivity index (χ3v) is 7.10. The molecule has 0 saturated carbocycles. The Morgan fingerprint density at radius 3 is 2.76 bits per heavy atom. The zero-order chi connectivity index (χ0) is 23.4. The van der Waals surface area contributed by atoms with E-state index in [1.54, 1.807) is 7.11 Å². The van der Waals surface area contributed by atoms with E-state index in [-0.39, 0.29) is 29.9 Å². The Labute approximate surface area is 195 Å². The van der Waals surface area contributed by atoms with Crippen LogP contribution in [0.3, 0.4) is 0 Å². The molecule has 4 rings (SSSR count). The second-order valence-electron chi connectivity index (χ2n) is 9.28. The summed E-state index contributed by atoms with van der Waals surface area (Å²) in [6.07, 6.45) is 6.02. The Bertz CT molecular complexity index is 955. The summed E-state index contributed by atoms with van der Waals surface area (Å²) in [6.45, 7) is 3.96. The number of amides is 2. The summed E-state index contributed by atoms with van der Waals surface area (Å²) in [4.78, 5) is 37.9. The number of carbonyl (C=O) groups is 2. The maximum Gasteiger partial charge on any atom is 0.269 e. The molecular weight excluding hydrogens is 420 g/mol. The lowest BCUT2D eigenvalue weighted by Gasteiger charge is -2.33. The molecule has 2 aromatic rings. The molecule has 8 heteroatoms. The number of H-pyrrole nitrogens is 1. The van der Waals surface area contributed by atoms with E-state index in [1.807, 2.05) is 37.4 Å². The van der Waals surface area contributed by atoms with Crippen molar-refractivity contribution in [1.82, 2.24) is 20.3 Å². The van der Waals surface area contributed by atoms with Gasteiger partial charge >= 0.3 is 0 Å². The lowest BCUT2D eigenvalue weighted by molar-refractivity contribution is -0.199. The fraction of sp³-hybridized carbons (Fsp3) is 0.600. The van der Waals surface area contributed by atoms with Crippen LogP contribution in [0, 0.1) is 5.92 Å². The molecule has 2 saturated heterocycles. The molecule has 0 radical (unpaired) electrons. The van der Waals surface area contributed by atoms with Gasteiger partial charge in [-0.05, 0) is 50.9 Å². The van der Waals surface area contributed by atoms with Crippen molar-refractivity contribution >= 4 is 22.7 Å². The smallest absolute Gasteiger partial charge is 0.269 e. The van der Waals surface area contributed by atoms with Crippen molar-refractivity contribution in [2.24, 2.45) is 5.92 Å². The van der Waals surface area contributed by atoms with Crippen LogP contribution >= 0.6 is 0 Å². The lowest BCUT2D eigenvalue weighted by Crippen LogP contribution is -2.54. The van der Waals surface area contributed by atoms with Crippen LogP contribution in [0.25, 0.3) is 10.9 Å². The van der Waals surface area contributed by atoms with Crippen LogP contribution < -0.4 is 5.32 Å². The first-order valence-corrected chi connectivity index (χ1v) is 12.0. The molecule has 0 spiro atoms. The first kappa shape index (κ1) is 23.7. The van der Waals surface area contributed by atoms with Gasteiger partial charge in [-0.25, -0.2) is 5.06 Å². The van der Waals surface area contributed by atoms with Gasteiger partial charge in [-0.15, -0.1) is 0 Å². The fourth-order valence-electron chi connectivity index (χ4n) is 5.16. The van der Waals surface area contributed by atoms with Gasteiger partial charge in [0.05, 0.1) is 18.6 Å². The molecule has 2 fully saturated rings. The van der Waals surface area contributed by atoms with Crippen LogP contribution in [-0.2, 0) is 25.6 Å². The summed E-state index contributed by atoms with van der Waals surface area (Å²) in [5.74, 6) is -0.758. The van der Waals surface area contributed by atoms with Crippen LogP contribution in [0.4, 0.5) is 0 Å². The second-order valence-corrected chi connectivity index (χ2v) is 9.28. The maximum absolute atomic E-state index is 13.4. The highest BCUT2D eigenvalue weighted by molar-refractivity contribution is 5.90. The van der Waals surface area contributed by atoms with Crippen LogP contribution in [0.15, 0.2) is 30.5 Å². The molecule has 33 heavy (non-hydrogen) atoms. The third kappa shape index (κ3) is 5.23. The zero-order valence-electron chi connectivity index (χ0n) is 19.9. The van der Waals surface area contributed by atoms with Gasteiger partial charge in [-0.3, -0.25) is 14.4 Å². The summed E-state index contributed by atoms with van der Waals surface area (Å²) < 4.78 is 5.78. The van der Waals surface area contributed by atoms with Gasteiger partial charge in [0.15, 0.2) is 0 Å². The maximum atomic E-state index is 13.4. The van der Waals surface area contributed by atoms with Gasteiger partial charge in [0.25, 0.3) is 5.91 Å². The van der Waals surface area contributed by atoms with Gasteiger partial charge in [0, 0.05) is 43.2 Å². The number of nitrogens with zero attached hydrogens (tertiary/aromatic N) is 2. The summed E-state index contributed by atoms with van der Waals surface area (Å²) in [6, 6.07) is 7.47. The van der Waals surface area contributed by atoms with Crippen molar-refractivity contribution in [3.8, 4) is 0 Å². The second kappa shape index (κ2) is 10.7. The quantitative estimate of drug-likeness (QED) is 0.637. The minimum atomic E-state index is -0.712. The molecule has 0 unspecified atom stereocenters. The molecule has 3 heterocycles. The number of aromatic nitrogens is 1. The van der Waals surface area contributed by atoms with Gasteiger partial charge in [-0.1, -0.05) is 25.1 Å². The number of hydroxylamine groups is 2. The molecule has 2 N–H and O–H groups in total. The number of ether oxygens (including phenoxy) is 1. The number of hydrogen-bond donors (Lipinski definition) is 2. The standard InChI is InChI=1S/C25H36N4O4/c1-17(23(32-3)22-11-8-12-28(22)2)24(30)27-21(25(31)29-13-6-7-14-33-29)15-18-16-26-20-10-5-4-9-19(18)20/h4-5,9-10,16-17,21-23,26H,6-8,11-15H2,1-3H3,(H,27,30)/t17-,21+,22+,23-/m1/s1. The number of benzene rings is 1. The Hall–Kier alpha value is -2.42. The van der Waals surface area contributed by atoms with E-state index in [2.05, 4.69) is 22.2 Å². The summed E-state index contributed by atoms with van der Waals surface area (Å²) in [5.41, 5.74) is 2.00. The molecule has 1 aromatic heterocycles. The summed E-state index contributed by atoms with van der Waals surface area (Å²) in [5, 5.41) is 5.53. The highest BCUT2D eigenvalue weighted by atomic mass is 16.7. The number of aromatic amines is 1. The van der Waals surface area contributed by atoms with Crippen molar-refractivity contribution in [2.45, 2.75) is 57.2 Å². The number of hydrogen-bond acceptors (Lipinski definition) is 5. The van der Waals surface area contributed by atoms with Crippen LogP contribution in [0.5, 0.6) is 0 Å². The number of carbonyl (C=O) groups excluding carboxylic acids is 2. The average molecular weight is 457 g/mol. The summed E-state index contributed by atoms with van der Waals surface area (Å²) in [7, 11) is 3.74. The Balaban J connectivity index is 1.53. The van der Waals surface area contributed by atoms with Crippen molar-refractivity contribution in [3.05, 3.63) is 36.0 Å². The predicted octanol–water partition coefficient (Wildman–Crippen LogP) is 2.49. The Kier molecular flexibility index (Phi) is 7.67. The van der Waals surface area contributed by atoms with Gasteiger partial charge in [0.1, 0.15) is 6.04 Å². The van der Waals surface area contributed by atoms with E-state index in [0.717, 1.165) is 48.7 Å². The van der Waals surface area contributed by atoms with Crippen LogP contribution in [0.1, 0.15) is 38.2 Å². The third-order valence-electron chi connectivity index (χ3n) is 7.10. The van der Waals surface area contributed by atoms with E-state index in [1.165, 1.54) is 5.06 Å². The Morgan fingerprint density at radius 2 is 2.06 bits per heavy atom. The average Bonchev–Trinajstić information content (AvgIpc) is 3.45. The number of likely N-dealkylation sites (tertiary alicyclic amines) is 1. The molecule has 0 aliphatic carbocycles. The molecule has 4 atom stereocenters. The molecule has 0 bridgehead atoms. The molecule has 1 aromatic carbocycles. The van der Waals surface area contributed by atoms with Crippen molar-refractivity contribution < 1.29 is 19.2 Å². The molecular formula is C25H36N4O4. The highest BCUT2D eigenvalue weighted by Crippen LogP contribution is 2.25. The minimum Gasteiger partial charge on any atom is -0.379 e. The number of rotatable bonds is 8. The topological polar surface area (TPSA) is 86.9 Å². The van der Waals surface area contributed by atoms with E-state index < -0.39 is 6.04 Å². The molecule has 180 valence electrons. The predicted molar refractivity (Wildman–Crippen MR) is 126 cm³/mol. The van der Waals surface area contributed by atoms with E-state index in [9.17, 15) is 9.59 Å². The van der Waals surface area contributed by atoms with Crippen molar-refractivity contribution in [3.63, 3.8) is 0 Å². The first-order chi connectivity index (χ1) is 16.0. The van der Waals surface area contributed by atoms with Gasteiger partial charge in [-0.2, -0.15) is 0 Å². The Morgan fingerprint density at radius 1 is 1.24 bits per heavy atom. The molecule has 2 aliphatic rings. The summed E-state index contributed by atoms with van der Waals surface area (Å²) >= 11 is 0. The molecule has 2 aliphatic heterocycles. The normalized spacial score (nSPS) is 22.3. The minimum absolute atomic E-state index is 0.169. The van der Waals surface area contributed by atoms with Crippen molar-refractivity contribution in [1.29, 1.82) is 0 Å². The van der Waals surface area contributed by atoms with Crippen molar-refractivity contribution in [2.75, 3.05) is 33.9 Å². The number of likely N-dealkylation sites (N-methyl/N-ethyl adjacent to an activating group) is 1. The first-order valence-electron chi connectivity index (χ1n) is 12.0. The fourth-order valence-corrected chi connectivity index (χ4v) is 5.16. The van der Waals surface area contributed by atoms with E-state index in [4.69, 9.17) is 9.57 Å². The lowest BCUT2D eigenvalue weighted by atomic mass is 9.94. The zero-order valence-corrected chi connectivity index (χ0v) is 19.9. The number of fused-ring (bicyclic) bond motifs is 1.